The van der Waals surface area contributed by atoms with E-state index < -0.39 is 12.3 Å². The van der Waals surface area contributed by atoms with Crippen LogP contribution < -0.4 is 5.32 Å². The third kappa shape index (κ3) is 8.73. The third-order valence-corrected chi connectivity index (χ3v) is 6.73. The van der Waals surface area contributed by atoms with Crippen molar-refractivity contribution in [1.82, 2.24) is 10.2 Å². The molecule has 39 heavy (non-hydrogen) atoms. The predicted molar refractivity (Wildman–Crippen MR) is 146 cm³/mol. The Balaban J connectivity index is 1.43. The zero-order valence-corrected chi connectivity index (χ0v) is 22.2. The first-order valence-corrected chi connectivity index (χ1v) is 13.2. The summed E-state index contributed by atoms with van der Waals surface area (Å²) in [4.78, 5) is 24.8. The molecule has 1 aliphatic rings. The number of benzene rings is 3. The zero-order chi connectivity index (χ0) is 27.6. The molecule has 206 valence electrons. The number of aliphatic hydroxyl groups excluding tert-OH is 1. The Morgan fingerprint density at radius 1 is 0.872 bits per heavy atom. The van der Waals surface area contributed by atoms with Crippen LogP contribution in [0.2, 0.25) is 0 Å². The van der Waals surface area contributed by atoms with Gasteiger partial charge in [0.05, 0.1) is 25.2 Å². The number of carbonyl (C=O) groups is 2. The highest BCUT2D eigenvalue weighted by Crippen LogP contribution is 2.38. The molecule has 0 saturated carbocycles. The monoisotopic (exact) mass is 532 g/mol. The number of aliphatic carboxylic acids is 1. The van der Waals surface area contributed by atoms with Gasteiger partial charge < -0.3 is 25.0 Å². The maximum absolute atomic E-state index is 11.9. The molecule has 3 atom stereocenters. The van der Waals surface area contributed by atoms with Crippen molar-refractivity contribution < 1.29 is 29.3 Å². The van der Waals surface area contributed by atoms with Gasteiger partial charge in [-0.3, -0.25) is 14.5 Å². The van der Waals surface area contributed by atoms with Gasteiger partial charge in [-0.25, -0.2) is 0 Å². The molecular formula is C31H36N2O6. The lowest BCUT2D eigenvalue weighted by Crippen LogP contribution is -2.37. The molecule has 3 aromatic rings. The Morgan fingerprint density at radius 3 is 2.21 bits per heavy atom. The fraction of sp³-hybridized carbons (Fsp3) is 0.355. The number of hydrogen-bond acceptors (Lipinski definition) is 6. The molecule has 1 aliphatic heterocycles. The van der Waals surface area contributed by atoms with Crippen LogP contribution in [0, 0.1) is 0 Å². The number of ether oxygens (including phenoxy) is 2. The van der Waals surface area contributed by atoms with Gasteiger partial charge in [0.15, 0.2) is 6.29 Å². The summed E-state index contributed by atoms with van der Waals surface area (Å²) in [5, 5.41) is 20.9. The number of nitrogens with zero attached hydrogens (tertiary/aromatic N) is 1. The van der Waals surface area contributed by atoms with Crippen molar-refractivity contribution in [1.29, 1.82) is 0 Å². The van der Waals surface area contributed by atoms with Gasteiger partial charge in [0.1, 0.15) is 0 Å². The molecular weight excluding hydrogens is 496 g/mol. The number of aliphatic hydroxyl groups is 1. The first-order valence-electron chi connectivity index (χ1n) is 13.2. The van der Waals surface area contributed by atoms with Crippen LogP contribution in [0.4, 0.5) is 0 Å². The van der Waals surface area contributed by atoms with Crippen LogP contribution in [0.5, 0.6) is 0 Å². The maximum atomic E-state index is 11.9. The summed E-state index contributed by atoms with van der Waals surface area (Å²) in [5.41, 5.74) is 4.91. The molecule has 0 radical (unpaired) electrons. The quantitative estimate of drug-likeness (QED) is 0.319. The predicted octanol–water partition coefficient (Wildman–Crippen LogP) is 4.34. The smallest absolute Gasteiger partial charge is 0.303 e. The van der Waals surface area contributed by atoms with E-state index in [4.69, 9.17) is 14.6 Å². The van der Waals surface area contributed by atoms with Gasteiger partial charge in [-0.15, -0.1) is 0 Å². The lowest BCUT2D eigenvalue weighted by atomic mass is 9.99. The summed E-state index contributed by atoms with van der Waals surface area (Å²) < 4.78 is 12.9. The Labute approximate surface area is 229 Å². The number of hydrogen-bond donors (Lipinski definition) is 3. The number of carboxylic acids is 1. The van der Waals surface area contributed by atoms with E-state index in [0.717, 1.165) is 35.3 Å². The van der Waals surface area contributed by atoms with E-state index in [-0.39, 0.29) is 37.6 Å². The normalized spacial score (nSPS) is 19.1. The Bertz CT molecular complexity index is 1200. The number of carbonyl (C=O) groups excluding carboxylic acids is 1. The summed E-state index contributed by atoms with van der Waals surface area (Å²) in [5.74, 6) is -1.29. The van der Waals surface area contributed by atoms with Crippen LogP contribution in [0.1, 0.15) is 59.5 Å². The van der Waals surface area contributed by atoms with E-state index in [0.29, 0.717) is 13.0 Å². The largest absolute Gasteiger partial charge is 0.481 e. The average molecular weight is 533 g/mol. The highest BCUT2D eigenvalue weighted by atomic mass is 16.7. The molecule has 8 heteroatoms. The third-order valence-electron chi connectivity index (χ3n) is 6.73. The van der Waals surface area contributed by atoms with Gasteiger partial charge in [-0.2, -0.15) is 0 Å². The van der Waals surface area contributed by atoms with Gasteiger partial charge >= 0.3 is 5.97 Å². The van der Waals surface area contributed by atoms with E-state index in [1.54, 1.807) is 0 Å². The van der Waals surface area contributed by atoms with Crippen LogP contribution in [0.25, 0.3) is 0 Å². The van der Waals surface area contributed by atoms with Crippen molar-refractivity contribution >= 4 is 11.9 Å². The first-order chi connectivity index (χ1) is 18.9. The zero-order valence-electron chi connectivity index (χ0n) is 22.2. The molecule has 4 rings (SSSR count). The standard InChI is InChI=1S/C31H36N2O6/c1-33(19-23-5-3-2-4-6-23)20-27-17-28(25-11-9-24(21-34)10-12-25)39-31(38-27)26-13-7-22(8-14-26)18-32-29(35)15-16-30(36)37/h2-14,27-28,31,34H,15-21H2,1H3,(H,32,35)(H,36,37)/t27-,28+,31+/m1/s1. The Kier molecular flexibility index (Phi) is 10.2. The molecule has 3 aromatic carbocycles. The molecule has 0 unspecified atom stereocenters. The van der Waals surface area contributed by atoms with Crippen molar-refractivity contribution in [3.05, 3.63) is 107 Å². The number of nitrogens with one attached hydrogen (secondary N) is 1. The van der Waals surface area contributed by atoms with Crippen LogP contribution in [-0.4, -0.2) is 46.7 Å². The molecule has 1 saturated heterocycles. The number of carboxylic acid groups (broad SMARTS) is 1. The molecule has 0 spiro atoms. The lowest BCUT2D eigenvalue weighted by molar-refractivity contribution is -0.252. The van der Waals surface area contributed by atoms with E-state index in [9.17, 15) is 14.7 Å². The molecule has 0 aromatic heterocycles. The maximum Gasteiger partial charge on any atom is 0.303 e. The number of amides is 1. The van der Waals surface area contributed by atoms with Crippen LogP contribution in [-0.2, 0) is 38.8 Å². The molecule has 8 nitrogen and oxygen atoms in total. The van der Waals surface area contributed by atoms with Crippen molar-refractivity contribution in [3.8, 4) is 0 Å². The van der Waals surface area contributed by atoms with Gasteiger partial charge in [-0.1, -0.05) is 78.9 Å². The SMILES string of the molecule is CN(Cc1ccccc1)C[C@H]1C[C@@H](c2ccc(CO)cc2)O[C@@H](c2ccc(CNC(=O)CCC(=O)O)cc2)O1. The second kappa shape index (κ2) is 14.0. The van der Waals surface area contributed by atoms with Crippen molar-refractivity contribution in [3.63, 3.8) is 0 Å². The van der Waals surface area contributed by atoms with Gasteiger partial charge in [-0.05, 0) is 29.3 Å². The van der Waals surface area contributed by atoms with Crippen LogP contribution in [0.3, 0.4) is 0 Å². The summed E-state index contributed by atoms with van der Waals surface area (Å²) in [6, 6.07) is 25.9. The van der Waals surface area contributed by atoms with Crippen molar-refractivity contribution in [2.45, 2.75) is 57.5 Å². The first kappa shape index (κ1) is 28.4. The topological polar surface area (TPSA) is 108 Å². The van der Waals surface area contributed by atoms with Crippen LogP contribution >= 0.6 is 0 Å². The average Bonchev–Trinajstić information content (AvgIpc) is 2.95. The minimum Gasteiger partial charge on any atom is -0.481 e. The summed E-state index contributed by atoms with van der Waals surface area (Å²) in [6.07, 6.45) is -0.317. The van der Waals surface area contributed by atoms with E-state index >= 15 is 0 Å². The van der Waals surface area contributed by atoms with E-state index in [1.807, 2.05) is 66.7 Å². The molecule has 1 fully saturated rings. The Morgan fingerprint density at radius 2 is 1.54 bits per heavy atom. The minimum atomic E-state index is -0.991. The fourth-order valence-electron chi connectivity index (χ4n) is 4.64. The summed E-state index contributed by atoms with van der Waals surface area (Å²) in [7, 11) is 2.09. The molecule has 0 aliphatic carbocycles. The van der Waals surface area contributed by atoms with Crippen molar-refractivity contribution in [2.75, 3.05) is 13.6 Å². The fourth-order valence-corrected chi connectivity index (χ4v) is 4.64. The number of likely N-dealkylation sites (N-methyl/N-ethyl adjacent to an activating group) is 1. The number of rotatable bonds is 12. The minimum absolute atomic E-state index is 0.00317. The van der Waals surface area contributed by atoms with Crippen molar-refractivity contribution in [2.24, 2.45) is 0 Å². The lowest BCUT2D eigenvalue weighted by Gasteiger charge is -2.38. The molecule has 1 amide bonds. The summed E-state index contributed by atoms with van der Waals surface area (Å²) >= 11 is 0. The Hall–Kier alpha value is -3.56. The van der Waals surface area contributed by atoms with Crippen LogP contribution in [0.15, 0.2) is 78.9 Å². The second-order valence-electron chi connectivity index (χ2n) is 9.94. The second-order valence-corrected chi connectivity index (χ2v) is 9.94. The summed E-state index contributed by atoms with van der Waals surface area (Å²) in [6.45, 7) is 1.87. The van der Waals surface area contributed by atoms with Gasteiger partial charge in [0, 0.05) is 38.0 Å². The molecule has 1 heterocycles. The van der Waals surface area contributed by atoms with Gasteiger partial charge in [0.25, 0.3) is 0 Å². The molecule has 0 bridgehead atoms. The highest BCUT2D eigenvalue weighted by molar-refractivity contribution is 5.80. The van der Waals surface area contributed by atoms with E-state index in [2.05, 4.69) is 29.4 Å². The molecule has 3 N–H and O–H groups in total. The van der Waals surface area contributed by atoms with Gasteiger partial charge in [0.2, 0.25) is 5.91 Å². The van der Waals surface area contributed by atoms with E-state index in [1.165, 1.54) is 5.56 Å². The highest BCUT2D eigenvalue weighted by Gasteiger charge is 2.32.